The van der Waals surface area contributed by atoms with Gasteiger partial charge in [0.05, 0.1) is 6.04 Å². The minimum absolute atomic E-state index is 0.0658. The Morgan fingerprint density at radius 2 is 2.00 bits per heavy atom. The van der Waals surface area contributed by atoms with E-state index in [0.29, 0.717) is 18.5 Å². The molecule has 6 heteroatoms. The second-order valence-electron chi connectivity index (χ2n) is 5.56. The molecule has 3 rings (SSSR count). The van der Waals surface area contributed by atoms with Crippen molar-refractivity contribution < 1.29 is 14.7 Å². The molecule has 0 radical (unpaired) electrons. The molecule has 0 atom stereocenters. The molecule has 0 aliphatic heterocycles. The molecule has 1 aromatic heterocycles. The fraction of sp³-hybridized carbons (Fsp3) is 0.312. The number of Topliss-reactive ketones (excluding diaryl/α,β-unsaturated/α-hetero) is 1. The van der Waals surface area contributed by atoms with E-state index in [2.05, 4.69) is 10.4 Å². The highest BCUT2D eigenvalue weighted by atomic mass is 16.3. The molecule has 0 bridgehead atoms. The number of phenols is 1. The summed E-state index contributed by atoms with van der Waals surface area (Å²) in [6.07, 6.45) is 5.60. The number of aromatic hydroxyl groups is 1. The average Bonchev–Trinajstić information content (AvgIpc) is 2.99. The zero-order valence-corrected chi connectivity index (χ0v) is 12.0. The summed E-state index contributed by atoms with van der Waals surface area (Å²) in [5, 5.41) is 16.1. The van der Waals surface area contributed by atoms with Gasteiger partial charge in [0.2, 0.25) is 5.78 Å². The third-order valence-corrected chi connectivity index (χ3v) is 4.00. The fourth-order valence-corrected chi connectivity index (χ4v) is 2.64. The van der Waals surface area contributed by atoms with Gasteiger partial charge in [0, 0.05) is 24.5 Å². The van der Waals surface area contributed by atoms with E-state index in [1.54, 1.807) is 6.20 Å². The molecule has 1 aliphatic carbocycles. The largest absolute Gasteiger partial charge is 0.508 e. The van der Waals surface area contributed by atoms with Crippen LogP contribution in [0.3, 0.4) is 0 Å². The molecular weight excluding hydrogens is 282 g/mol. The monoisotopic (exact) mass is 299 g/mol. The Morgan fingerprint density at radius 1 is 1.27 bits per heavy atom. The van der Waals surface area contributed by atoms with E-state index in [1.165, 1.54) is 24.3 Å². The molecule has 1 heterocycles. The molecule has 1 saturated carbocycles. The highest BCUT2D eigenvalue weighted by molar-refractivity contribution is 6.42. The molecule has 2 aromatic rings. The first-order valence-corrected chi connectivity index (χ1v) is 7.24. The quantitative estimate of drug-likeness (QED) is 0.648. The number of hydrogen-bond donors (Lipinski definition) is 2. The lowest BCUT2D eigenvalue weighted by Crippen LogP contribution is -2.39. The number of ketones is 1. The Bertz CT molecular complexity index is 658. The maximum atomic E-state index is 11.9. The van der Waals surface area contributed by atoms with Crippen molar-refractivity contribution in [1.29, 1.82) is 0 Å². The number of phenolic OH excluding ortho intramolecular Hbond substituents is 1. The lowest BCUT2D eigenvalue weighted by Gasteiger charge is -2.35. The van der Waals surface area contributed by atoms with Gasteiger partial charge in [0.1, 0.15) is 5.75 Å². The summed E-state index contributed by atoms with van der Waals surface area (Å²) in [6.45, 7) is 0.500. The Hall–Kier alpha value is -2.63. The molecule has 0 unspecified atom stereocenters. The van der Waals surface area contributed by atoms with Crippen molar-refractivity contribution in [2.75, 3.05) is 6.54 Å². The van der Waals surface area contributed by atoms with Crippen molar-refractivity contribution >= 4 is 11.7 Å². The molecule has 0 spiro atoms. The van der Waals surface area contributed by atoms with Gasteiger partial charge in [-0.2, -0.15) is 5.10 Å². The Morgan fingerprint density at radius 3 is 2.64 bits per heavy atom. The van der Waals surface area contributed by atoms with Crippen LogP contribution in [0.25, 0.3) is 0 Å². The summed E-state index contributed by atoms with van der Waals surface area (Å²) < 4.78 is 1.93. The van der Waals surface area contributed by atoms with E-state index in [4.69, 9.17) is 0 Å². The van der Waals surface area contributed by atoms with E-state index in [-0.39, 0.29) is 11.3 Å². The van der Waals surface area contributed by atoms with Gasteiger partial charge in [-0.1, -0.05) is 0 Å². The van der Waals surface area contributed by atoms with Gasteiger partial charge in [-0.25, -0.2) is 0 Å². The second-order valence-corrected chi connectivity index (χ2v) is 5.56. The van der Waals surface area contributed by atoms with Gasteiger partial charge in [-0.15, -0.1) is 0 Å². The van der Waals surface area contributed by atoms with Gasteiger partial charge >= 0.3 is 0 Å². The minimum atomic E-state index is -0.603. The smallest absolute Gasteiger partial charge is 0.292 e. The van der Waals surface area contributed by atoms with Crippen LogP contribution in [-0.4, -0.2) is 33.1 Å². The number of carbonyl (C=O) groups excluding carboxylic acids is 2. The normalized spacial score (nSPS) is 20.2. The van der Waals surface area contributed by atoms with E-state index in [1.807, 2.05) is 16.9 Å². The first-order chi connectivity index (χ1) is 10.6. The summed E-state index contributed by atoms with van der Waals surface area (Å²) in [4.78, 5) is 23.8. The molecule has 0 saturated heterocycles. The maximum absolute atomic E-state index is 11.9. The van der Waals surface area contributed by atoms with Crippen LogP contribution < -0.4 is 5.32 Å². The standard InChI is InChI=1S/C16H17N3O3/c20-14-4-2-12(3-5-14)15(21)16(22)17-10-11-8-13(9-11)19-7-1-6-18-19/h1-7,11,13,20H,8-10H2,(H,17,22). The van der Waals surface area contributed by atoms with Crippen molar-refractivity contribution in [3.63, 3.8) is 0 Å². The van der Waals surface area contributed by atoms with Crippen LogP contribution in [0.15, 0.2) is 42.7 Å². The van der Waals surface area contributed by atoms with Crippen LogP contribution in [0.1, 0.15) is 29.2 Å². The maximum Gasteiger partial charge on any atom is 0.292 e. The van der Waals surface area contributed by atoms with Gasteiger partial charge < -0.3 is 10.4 Å². The molecule has 1 amide bonds. The Kier molecular flexibility index (Phi) is 3.91. The topological polar surface area (TPSA) is 84.2 Å². The number of aromatic nitrogens is 2. The molecule has 114 valence electrons. The van der Waals surface area contributed by atoms with E-state index < -0.39 is 11.7 Å². The molecule has 6 nitrogen and oxygen atoms in total. The minimum Gasteiger partial charge on any atom is -0.508 e. The van der Waals surface area contributed by atoms with Crippen molar-refractivity contribution in [1.82, 2.24) is 15.1 Å². The van der Waals surface area contributed by atoms with E-state index in [9.17, 15) is 14.7 Å². The summed E-state index contributed by atoms with van der Waals surface area (Å²) >= 11 is 0. The van der Waals surface area contributed by atoms with Crippen LogP contribution >= 0.6 is 0 Å². The lowest BCUT2D eigenvalue weighted by molar-refractivity contribution is -0.117. The van der Waals surface area contributed by atoms with Crippen molar-refractivity contribution in [2.45, 2.75) is 18.9 Å². The number of nitrogens with zero attached hydrogens (tertiary/aromatic N) is 2. The molecular formula is C16H17N3O3. The predicted molar refractivity (Wildman–Crippen MR) is 79.4 cm³/mol. The first-order valence-electron chi connectivity index (χ1n) is 7.24. The molecule has 1 aromatic carbocycles. The molecule has 2 N–H and O–H groups in total. The zero-order chi connectivity index (χ0) is 15.5. The highest BCUT2D eigenvalue weighted by Gasteiger charge is 2.31. The molecule has 1 fully saturated rings. The summed E-state index contributed by atoms with van der Waals surface area (Å²) in [5.41, 5.74) is 0.276. The average molecular weight is 299 g/mol. The second kappa shape index (κ2) is 6.01. The number of nitrogens with one attached hydrogen (secondary N) is 1. The Balaban J connectivity index is 1.45. The van der Waals surface area contributed by atoms with E-state index in [0.717, 1.165) is 12.8 Å². The van der Waals surface area contributed by atoms with Crippen LogP contribution in [-0.2, 0) is 4.79 Å². The summed E-state index contributed by atoms with van der Waals surface area (Å²) in [6, 6.07) is 7.95. The number of rotatable bonds is 5. The zero-order valence-electron chi connectivity index (χ0n) is 12.0. The molecule has 22 heavy (non-hydrogen) atoms. The van der Waals surface area contributed by atoms with Crippen LogP contribution in [0.2, 0.25) is 0 Å². The third kappa shape index (κ3) is 3.00. The third-order valence-electron chi connectivity index (χ3n) is 4.00. The van der Waals surface area contributed by atoms with Crippen LogP contribution in [0.5, 0.6) is 5.75 Å². The van der Waals surface area contributed by atoms with Crippen molar-refractivity contribution in [3.05, 3.63) is 48.3 Å². The van der Waals surface area contributed by atoms with Gasteiger partial charge in [-0.05, 0) is 49.1 Å². The van der Waals surface area contributed by atoms with Gasteiger partial charge in [-0.3, -0.25) is 14.3 Å². The number of carbonyl (C=O) groups is 2. The van der Waals surface area contributed by atoms with Crippen LogP contribution in [0.4, 0.5) is 0 Å². The lowest BCUT2D eigenvalue weighted by atomic mass is 9.80. The SMILES string of the molecule is O=C(NCC1CC(n2cccn2)C1)C(=O)c1ccc(O)cc1. The molecule has 1 aliphatic rings. The Labute approximate surface area is 127 Å². The fourth-order valence-electron chi connectivity index (χ4n) is 2.64. The highest BCUT2D eigenvalue weighted by Crippen LogP contribution is 2.36. The van der Waals surface area contributed by atoms with E-state index >= 15 is 0 Å². The van der Waals surface area contributed by atoms with Crippen molar-refractivity contribution in [2.24, 2.45) is 5.92 Å². The van der Waals surface area contributed by atoms with Gasteiger partial charge in [0.25, 0.3) is 5.91 Å². The number of hydrogen-bond acceptors (Lipinski definition) is 4. The number of benzene rings is 1. The predicted octanol–water partition coefficient (Wildman–Crippen LogP) is 1.54. The number of amides is 1. The van der Waals surface area contributed by atoms with Crippen molar-refractivity contribution in [3.8, 4) is 5.75 Å². The summed E-state index contributed by atoms with van der Waals surface area (Å²) in [7, 11) is 0. The summed E-state index contributed by atoms with van der Waals surface area (Å²) in [5.74, 6) is -0.738. The van der Waals surface area contributed by atoms with Crippen LogP contribution in [0, 0.1) is 5.92 Å². The van der Waals surface area contributed by atoms with Gasteiger partial charge in [0.15, 0.2) is 0 Å². The first kappa shape index (κ1) is 14.3.